The molecule has 0 N–H and O–H groups in total. The van der Waals surface area contributed by atoms with E-state index in [9.17, 15) is 4.79 Å². The maximum Gasteiger partial charge on any atom is 0.161 e. The van der Waals surface area contributed by atoms with E-state index in [2.05, 4.69) is 11.6 Å². The summed E-state index contributed by atoms with van der Waals surface area (Å²) in [5.41, 5.74) is 1.28. The summed E-state index contributed by atoms with van der Waals surface area (Å²) >= 11 is 0. The summed E-state index contributed by atoms with van der Waals surface area (Å²) in [5, 5.41) is 0. The van der Waals surface area contributed by atoms with E-state index in [0.29, 0.717) is 11.3 Å². The largest absolute Gasteiger partial charge is 0.294 e. The second-order valence-corrected chi connectivity index (χ2v) is 2.20. The van der Waals surface area contributed by atoms with Gasteiger partial charge in [-0.05, 0) is 25.1 Å². The third kappa shape index (κ3) is 1.52. The molecule has 0 saturated carbocycles. The van der Waals surface area contributed by atoms with E-state index in [-0.39, 0.29) is 5.78 Å². The fraction of sp³-hybridized carbons (Fsp3) is 0.111. The van der Waals surface area contributed by atoms with E-state index < -0.39 is 0 Å². The van der Waals surface area contributed by atoms with Crippen LogP contribution < -0.4 is 0 Å². The molecular formula is C9H9NO. The molecule has 0 aliphatic carbocycles. The van der Waals surface area contributed by atoms with Gasteiger partial charge in [-0.3, -0.25) is 9.78 Å². The molecule has 0 aliphatic heterocycles. The molecular weight excluding hydrogens is 138 g/mol. The Labute approximate surface area is 65.6 Å². The second-order valence-electron chi connectivity index (χ2n) is 2.20. The van der Waals surface area contributed by atoms with E-state index in [0.717, 1.165) is 0 Å². The molecule has 1 rings (SSSR count). The molecule has 0 unspecified atom stereocenters. The van der Waals surface area contributed by atoms with E-state index >= 15 is 0 Å². The van der Waals surface area contributed by atoms with Crippen molar-refractivity contribution in [3.63, 3.8) is 0 Å². The summed E-state index contributed by atoms with van der Waals surface area (Å²) in [6.07, 6.45) is 3.22. The summed E-state index contributed by atoms with van der Waals surface area (Å²) in [4.78, 5) is 14.9. The minimum Gasteiger partial charge on any atom is -0.294 e. The number of carbonyl (C=O) groups excluding carboxylic acids is 1. The molecule has 1 heterocycles. The summed E-state index contributed by atoms with van der Waals surface area (Å²) in [6, 6.07) is 3.48. The Kier molecular flexibility index (Phi) is 2.16. The van der Waals surface area contributed by atoms with Gasteiger partial charge in [-0.15, -0.1) is 0 Å². The Morgan fingerprint density at radius 2 is 2.45 bits per heavy atom. The van der Waals surface area contributed by atoms with Crippen molar-refractivity contribution in [2.24, 2.45) is 0 Å². The number of hydrogen-bond donors (Lipinski definition) is 0. The number of hydrogen-bond acceptors (Lipinski definition) is 2. The van der Waals surface area contributed by atoms with Gasteiger partial charge in [-0.2, -0.15) is 0 Å². The number of aromatic nitrogens is 1. The number of Topliss-reactive ketones (excluding diaryl/α,β-unsaturated/α-hetero) is 1. The first kappa shape index (κ1) is 7.66. The van der Waals surface area contributed by atoms with Crippen LogP contribution >= 0.6 is 0 Å². The van der Waals surface area contributed by atoms with Crippen LogP contribution in [-0.2, 0) is 0 Å². The SMILES string of the molecule is C=Cc1ncccc1C(C)=O. The second kappa shape index (κ2) is 3.10. The maximum absolute atomic E-state index is 10.9. The molecule has 0 amide bonds. The van der Waals surface area contributed by atoms with Crippen molar-refractivity contribution in [1.82, 2.24) is 4.98 Å². The lowest BCUT2D eigenvalue weighted by Crippen LogP contribution is -1.96. The topological polar surface area (TPSA) is 30.0 Å². The van der Waals surface area contributed by atoms with Crippen LogP contribution in [0, 0.1) is 0 Å². The van der Waals surface area contributed by atoms with Crippen LogP contribution in [0.3, 0.4) is 0 Å². The number of ketones is 1. The zero-order valence-electron chi connectivity index (χ0n) is 6.37. The van der Waals surface area contributed by atoms with Gasteiger partial charge >= 0.3 is 0 Å². The molecule has 2 nitrogen and oxygen atoms in total. The normalized spacial score (nSPS) is 9.18. The number of rotatable bonds is 2. The van der Waals surface area contributed by atoms with Gasteiger partial charge in [0.1, 0.15) is 0 Å². The zero-order valence-corrected chi connectivity index (χ0v) is 6.37. The van der Waals surface area contributed by atoms with Gasteiger partial charge in [0.05, 0.1) is 5.69 Å². The van der Waals surface area contributed by atoms with Crippen LogP contribution in [0.5, 0.6) is 0 Å². The number of nitrogens with zero attached hydrogens (tertiary/aromatic N) is 1. The van der Waals surface area contributed by atoms with Gasteiger partial charge < -0.3 is 0 Å². The highest BCUT2D eigenvalue weighted by Gasteiger charge is 2.02. The molecule has 0 saturated heterocycles. The molecule has 0 spiro atoms. The molecule has 1 aromatic heterocycles. The van der Waals surface area contributed by atoms with Crippen LogP contribution in [0.2, 0.25) is 0 Å². The van der Waals surface area contributed by atoms with Gasteiger partial charge in [-0.25, -0.2) is 0 Å². The third-order valence-corrected chi connectivity index (χ3v) is 1.41. The number of pyridine rings is 1. The summed E-state index contributed by atoms with van der Waals surface area (Å²) < 4.78 is 0. The molecule has 0 fully saturated rings. The lowest BCUT2D eigenvalue weighted by atomic mass is 10.1. The number of carbonyl (C=O) groups is 1. The highest BCUT2D eigenvalue weighted by molar-refractivity contribution is 5.96. The van der Waals surface area contributed by atoms with Crippen molar-refractivity contribution >= 4 is 11.9 Å². The predicted molar refractivity (Wildman–Crippen MR) is 44.3 cm³/mol. The van der Waals surface area contributed by atoms with E-state index in [1.165, 1.54) is 6.92 Å². The van der Waals surface area contributed by atoms with Crippen molar-refractivity contribution in [1.29, 1.82) is 0 Å². The van der Waals surface area contributed by atoms with Crippen molar-refractivity contribution in [2.45, 2.75) is 6.92 Å². The van der Waals surface area contributed by atoms with Crippen molar-refractivity contribution in [3.05, 3.63) is 36.2 Å². The Morgan fingerprint density at radius 1 is 1.73 bits per heavy atom. The van der Waals surface area contributed by atoms with Crippen LogP contribution in [0.1, 0.15) is 23.0 Å². The fourth-order valence-corrected chi connectivity index (χ4v) is 0.878. The van der Waals surface area contributed by atoms with E-state index in [1.54, 1.807) is 24.4 Å². The van der Waals surface area contributed by atoms with E-state index in [1.807, 2.05) is 0 Å². The maximum atomic E-state index is 10.9. The van der Waals surface area contributed by atoms with Gasteiger partial charge in [0, 0.05) is 11.8 Å². The molecule has 1 aromatic rings. The fourth-order valence-electron chi connectivity index (χ4n) is 0.878. The predicted octanol–water partition coefficient (Wildman–Crippen LogP) is 1.93. The lowest BCUT2D eigenvalue weighted by molar-refractivity contribution is 0.101. The molecule has 0 atom stereocenters. The molecule has 0 bridgehead atoms. The molecule has 11 heavy (non-hydrogen) atoms. The summed E-state index contributed by atoms with van der Waals surface area (Å²) in [6.45, 7) is 5.08. The van der Waals surface area contributed by atoms with Crippen molar-refractivity contribution < 1.29 is 4.79 Å². The minimum atomic E-state index is 0.0213. The Hall–Kier alpha value is -1.44. The van der Waals surface area contributed by atoms with E-state index in [4.69, 9.17) is 0 Å². The summed E-state index contributed by atoms with van der Waals surface area (Å²) in [7, 11) is 0. The van der Waals surface area contributed by atoms with Crippen LogP contribution in [-0.4, -0.2) is 10.8 Å². The Balaban J connectivity index is 3.22. The van der Waals surface area contributed by atoms with Gasteiger partial charge in [-0.1, -0.05) is 6.58 Å². The molecule has 0 aliphatic rings. The smallest absolute Gasteiger partial charge is 0.161 e. The first-order valence-corrected chi connectivity index (χ1v) is 3.34. The van der Waals surface area contributed by atoms with Crippen LogP contribution in [0.4, 0.5) is 0 Å². The van der Waals surface area contributed by atoms with Gasteiger partial charge in [0.2, 0.25) is 0 Å². The van der Waals surface area contributed by atoms with Crippen molar-refractivity contribution in [3.8, 4) is 0 Å². The monoisotopic (exact) mass is 147 g/mol. The highest BCUT2D eigenvalue weighted by atomic mass is 16.1. The molecule has 0 radical (unpaired) electrons. The van der Waals surface area contributed by atoms with Crippen LogP contribution in [0.25, 0.3) is 6.08 Å². The first-order valence-electron chi connectivity index (χ1n) is 3.34. The average Bonchev–Trinajstić information content (AvgIpc) is 2.04. The lowest BCUT2D eigenvalue weighted by Gasteiger charge is -1.97. The zero-order chi connectivity index (χ0) is 8.27. The highest BCUT2D eigenvalue weighted by Crippen LogP contribution is 2.06. The first-order chi connectivity index (χ1) is 5.25. The summed E-state index contributed by atoms with van der Waals surface area (Å²) in [5.74, 6) is 0.0213. The minimum absolute atomic E-state index is 0.0213. The molecule has 56 valence electrons. The molecule has 2 heteroatoms. The quantitative estimate of drug-likeness (QED) is 0.598. The standard InChI is InChI=1S/C9H9NO/c1-3-9-8(7(2)11)5-4-6-10-9/h3-6H,1H2,2H3. The Bertz CT molecular complexity index is 291. The van der Waals surface area contributed by atoms with Crippen molar-refractivity contribution in [2.75, 3.05) is 0 Å². The molecule has 0 aromatic carbocycles. The van der Waals surface area contributed by atoms with Gasteiger partial charge in [0.25, 0.3) is 0 Å². The average molecular weight is 147 g/mol. The Morgan fingerprint density at radius 3 is 2.91 bits per heavy atom. The van der Waals surface area contributed by atoms with Gasteiger partial charge in [0.15, 0.2) is 5.78 Å². The third-order valence-electron chi connectivity index (χ3n) is 1.41. The van der Waals surface area contributed by atoms with Crippen LogP contribution in [0.15, 0.2) is 24.9 Å².